The molecule has 0 saturated carbocycles. The van der Waals surface area contributed by atoms with Gasteiger partial charge in [-0.3, -0.25) is 9.59 Å². The van der Waals surface area contributed by atoms with Gasteiger partial charge in [0.1, 0.15) is 17.9 Å². The fourth-order valence-electron chi connectivity index (χ4n) is 1.69. The van der Waals surface area contributed by atoms with Crippen molar-refractivity contribution in [1.29, 1.82) is 0 Å². The first-order chi connectivity index (χ1) is 9.50. The van der Waals surface area contributed by atoms with Crippen LogP contribution in [-0.4, -0.2) is 15.6 Å². The predicted octanol–water partition coefficient (Wildman–Crippen LogP) is 2.15. The largest absolute Gasteiger partial charge is 0.506 e. The predicted molar refractivity (Wildman–Crippen MR) is 76.8 cm³/mol. The highest BCUT2D eigenvalue weighted by Gasteiger charge is 2.18. The number of halogens is 1. The molecule has 0 unspecified atom stereocenters. The quantitative estimate of drug-likeness (QED) is 0.868. The highest BCUT2D eigenvalue weighted by Crippen LogP contribution is 2.24. The Balaban J connectivity index is 2.34. The summed E-state index contributed by atoms with van der Waals surface area (Å²) in [6.45, 7) is 1.39. The molecule has 0 fully saturated rings. The Morgan fingerprint density at radius 3 is 2.60 bits per heavy atom. The Morgan fingerprint density at radius 2 is 2.00 bits per heavy atom. The molecule has 0 atom stereocenters. The van der Waals surface area contributed by atoms with Gasteiger partial charge in [-0.2, -0.15) is 4.73 Å². The molecule has 0 aliphatic rings. The molecule has 0 saturated heterocycles. The van der Waals surface area contributed by atoms with Gasteiger partial charge < -0.3 is 9.94 Å². The number of hydrogen-bond donors (Lipinski definition) is 1. The summed E-state index contributed by atoms with van der Waals surface area (Å²) in [5.41, 5.74) is -0.102. The first kappa shape index (κ1) is 14.3. The number of pyridine rings is 1. The van der Waals surface area contributed by atoms with Crippen LogP contribution < -0.4 is 10.4 Å². The van der Waals surface area contributed by atoms with Gasteiger partial charge in [-0.15, -0.1) is 0 Å². The Bertz CT molecular complexity index is 694. The monoisotopic (exact) mass is 337 g/mol. The van der Waals surface area contributed by atoms with E-state index in [9.17, 15) is 14.7 Å². The van der Waals surface area contributed by atoms with Gasteiger partial charge in [0.2, 0.25) is 0 Å². The minimum absolute atomic E-state index is 0.176. The summed E-state index contributed by atoms with van der Waals surface area (Å²) >= 11 is 3.08. The summed E-state index contributed by atoms with van der Waals surface area (Å²) in [6.07, 6.45) is 1.28. The lowest BCUT2D eigenvalue weighted by molar-refractivity contribution is 0.0850. The van der Waals surface area contributed by atoms with Crippen LogP contribution in [0.2, 0.25) is 0 Å². The molecule has 0 aliphatic carbocycles. The number of Topliss-reactive ketones (excluding diaryl/α,β-unsaturated/α-hetero) is 1. The number of rotatable bonds is 4. The molecule has 1 N–H and O–H groups in total. The first-order valence-corrected chi connectivity index (χ1v) is 6.62. The van der Waals surface area contributed by atoms with Crippen LogP contribution >= 0.6 is 15.9 Å². The molecular formula is C14H12BrNO4. The minimum Gasteiger partial charge on any atom is -0.506 e. The second kappa shape index (κ2) is 5.92. The number of nitrogens with zero attached hydrogens (tertiary/aromatic N) is 1. The zero-order valence-corrected chi connectivity index (χ0v) is 12.3. The van der Waals surface area contributed by atoms with Crippen LogP contribution in [0.1, 0.15) is 22.8 Å². The second-order valence-electron chi connectivity index (χ2n) is 4.15. The van der Waals surface area contributed by atoms with E-state index in [0.717, 1.165) is 10.3 Å². The van der Waals surface area contributed by atoms with Crippen LogP contribution in [-0.2, 0) is 6.61 Å². The number of ketones is 1. The van der Waals surface area contributed by atoms with Crippen LogP contribution in [0.3, 0.4) is 0 Å². The third kappa shape index (κ3) is 2.91. The molecule has 0 radical (unpaired) electrons. The number of aromatic nitrogens is 1. The molecule has 6 heteroatoms. The highest BCUT2D eigenvalue weighted by atomic mass is 79.9. The molecule has 1 aromatic heterocycles. The van der Waals surface area contributed by atoms with E-state index in [2.05, 4.69) is 15.9 Å². The molecule has 2 rings (SSSR count). The fraction of sp³-hybridized carbons (Fsp3) is 0.143. The first-order valence-electron chi connectivity index (χ1n) is 5.83. The Labute approximate surface area is 123 Å². The van der Waals surface area contributed by atoms with E-state index in [1.807, 2.05) is 30.3 Å². The minimum atomic E-state index is -0.686. The zero-order chi connectivity index (χ0) is 14.7. The number of aromatic hydroxyl groups is 1. The van der Waals surface area contributed by atoms with Crippen LogP contribution in [0.15, 0.2) is 45.8 Å². The van der Waals surface area contributed by atoms with E-state index in [1.54, 1.807) is 0 Å². The van der Waals surface area contributed by atoms with E-state index in [1.165, 1.54) is 13.1 Å². The van der Waals surface area contributed by atoms with Gasteiger partial charge >= 0.3 is 0 Å². The standard InChI is InChI=1S/C14H12BrNO4/c1-9(17)12-13(18)11(15)7-16(14(12)19)20-8-10-5-3-2-4-6-10/h2-7,18H,8H2,1H3. The molecule has 2 aromatic rings. The summed E-state index contributed by atoms with van der Waals surface area (Å²) < 4.78 is 1.16. The number of carbonyl (C=O) groups is 1. The smallest absolute Gasteiger partial charge is 0.297 e. The molecule has 0 amide bonds. The molecular weight excluding hydrogens is 326 g/mol. The number of carbonyl (C=O) groups excluding carboxylic acids is 1. The number of hydrogen-bond acceptors (Lipinski definition) is 4. The fourth-order valence-corrected chi connectivity index (χ4v) is 2.07. The average Bonchev–Trinajstić information content (AvgIpc) is 2.42. The van der Waals surface area contributed by atoms with E-state index in [4.69, 9.17) is 4.84 Å². The van der Waals surface area contributed by atoms with Gasteiger partial charge in [0.15, 0.2) is 5.78 Å². The van der Waals surface area contributed by atoms with Crippen LogP contribution in [0, 0.1) is 0 Å². The molecule has 20 heavy (non-hydrogen) atoms. The summed E-state index contributed by atoms with van der Waals surface area (Å²) in [7, 11) is 0. The zero-order valence-electron chi connectivity index (χ0n) is 10.7. The molecule has 104 valence electrons. The van der Waals surface area contributed by atoms with Crippen molar-refractivity contribution in [1.82, 2.24) is 4.73 Å². The summed E-state index contributed by atoms with van der Waals surface area (Å²) in [5, 5.41) is 9.72. The van der Waals surface area contributed by atoms with E-state index in [0.29, 0.717) is 0 Å². The number of benzene rings is 1. The highest BCUT2D eigenvalue weighted by molar-refractivity contribution is 9.10. The molecule has 5 nitrogen and oxygen atoms in total. The maximum absolute atomic E-state index is 12.0. The normalized spacial score (nSPS) is 10.3. The third-order valence-electron chi connectivity index (χ3n) is 2.67. The van der Waals surface area contributed by atoms with Gasteiger partial charge in [0.05, 0.1) is 10.7 Å². The average molecular weight is 338 g/mol. The topological polar surface area (TPSA) is 68.5 Å². The molecule has 0 bridgehead atoms. The van der Waals surface area contributed by atoms with Gasteiger partial charge in [-0.05, 0) is 28.4 Å². The lowest BCUT2D eigenvalue weighted by Gasteiger charge is -2.11. The van der Waals surface area contributed by atoms with Crippen LogP contribution in [0.25, 0.3) is 0 Å². The van der Waals surface area contributed by atoms with Crippen molar-refractivity contribution in [3.63, 3.8) is 0 Å². The van der Waals surface area contributed by atoms with Gasteiger partial charge in [0.25, 0.3) is 5.56 Å². The SMILES string of the molecule is CC(=O)c1c(O)c(Br)cn(OCc2ccccc2)c1=O. The van der Waals surface area contributed by atoms with E-state index >= 15 is 0 Å². The maximum Gasteiger partial charge on any atom is 0.297 e. The second-order valence-corrected chi connectivity index (χ2v) is 5.00. The lowest BCUT2D eigenvalue weighted by Crippen LogP contribution is -2.30. The Kier molecular flexibility index (Phi) is 4.24. The lowest BCUT2D eigenvalue weighted by atomic mass is 10.2. The molecule has 1 heterocycles. The summed E-state index contributed by atoms with van der Waals surface area (Å²) in [6, 6.07) is 9.30. The van der Waals surface area contributed by atoms with Gasteiger partial charge in [-0.1, -0.05) is 30.3 Å². The van der Waals surface area contributed by atoms with Crippen molar-refractivity contribution in [3.05, 3.63) is 62.5 Å². The van der Waals surface area contributed by atoms with Crippen molar-refractivity contribution in [2.24, 2.45) is 0 Å². The van der Waals surface area contributed by atoms with E-state index < -0.39 is 11.3 Å². The molecule has 0 aliphatic heterocycles. The third-order valence-corrected chi connectivity index (χ3v) is 3.25. The van der Waals surface area contributed by atoms with Crippen LogP contribution in [0.5, 0.6) is 5.75 Å². The Hall–Kier alpha value is -2.08. The van der Waals surface area contributed by atoms with Crippen molar-refractivity contribution in [2.75, 3.05) is 0 Å². The maximum atomic E-state index is 12.0. The molecule has 1 aromatic carbocycles. The van der Waals surface area contributed by atoms with Gasteiger partial charge in [0, 0.05) is 0 Å². The van der Waals surface area contributed by atoms with Crippen molar-refractivity contribution >= 4 is 21.7 Å². The van der Waals surface area contributed by atoms with Gasteiger partial charge in [-0.25, -0.2) is 0 Å². The Morgan fingerprint density at radius 1 is 1.35 bits per heavy atom. The summed E-state index contributed by atoms with van der Waals surface area (Å²) in [4.78, 5) is 28.8. The van der Waals surface area contributed by atoms with E-state index in [-0.39, 0.29) is 22.4 Å². The summed E-state index contributed by atoms with van der Waals surface area (Å²) in [5.74, 6) is -0.895. The van der Waals surface area contributed by atoms with Crippen molar-refractivity contribution in [3.8, 4) is 5.75 Å². The molecule has 0 spiro atoms. The van der Waals surface area contributed by atoms with Crippen LogP contribution in [0.4, 0.5) is 0 Å². The van der Waals surface area contributed by atoms with Crippen molar-refractivity contribution in [2.45, 2.75) is 13.5 Å². The van der Waals surface area contributed by atoms with Crippen molar-refractivity contribution < 1.29 is 14.7 Å².